The standard InChI is InChI=1S/C19H22F2N2O/c1-5-8-23(4)12-22-18-9-14(3)19(10-13(18)2)24-15-6-7-16(20)17(21)11-15/h6-7,9-12H,5,8H2,1-4H3. The van der Waals surface area contributed by atoms with Gasteiger partial charge in [-0.3, -0.25) is 0 Å². The summed E-state index contributed by atoms with van der Waals surface area (Å²) in [5.41, 5.74) is 2.67. The first-order chi connectivity index (χ1) is 11.4. The van der Waals surface area contributed by atoms with E-state index in [-0.39, 0.29) is 5.75 Å². The largest absolute Gasteiger partial charge is 0.457 e. The minimum atomic E-state index is -0.929. The van der Waals surface area contributed by atoms with Gasteiger partial charge in [-0.25, -0.2) is 13.8 Å². The lowest BCUT2D eigenvalue weighted by molar-refractivity contribution is 0.459. The number of ether oxygens (including phenoxy) is 1. The van der Waals surface area contributed by atoms with E-state index in [0.717, 1.165) is 41.9 Å². The number of nitrogens with zero attached hydrogens (tertiary/aromatic N) is 2. The SMILES string of the molecule is CCCN(C)C=Nc1cc(C)c(Oc2ccc(F)c(F)c2)cc1C. The molecule has 0 heterocycles. The van der Waals surface area contributed by atoms with E-state index in [1.54, 1.807) is 6.34 Å². The number of aryl methyl sites for hydroxylation is 2. The van der Waals surface area contributed by atoms with Gasteiger partial charge in [0.25, 0.3) is 0 Å². The number of benzene rings is 2. The Kier molecular flexibility index (Phi) is 5.90. The minimum Gasteiger partial charge on any atom is -0.457 e. The van der Waals surface area contributed by atoms with Crippen molar-refractivity contribution in [3.8, 4) is 11.5 Å². The van der Waals surface area contributed by atoms with Gasteiger partial charge in [0.2, 0.25) is 0 Å². The number of rotatable bonds is 6. The van der Waals surface area contributed by atoms with E-state index in [2.05, 4.69) is 11.9 Å². The van der Waals surface area contributed by atoms with Gasteiger partial charge in [-0.1, -0.05) is 6.92 Å². The summed E-state index contributed by atoms with van der Waals surface area (Å²) in [4.78, 5) is 6.52. The number of aliphatic imine (C=N–C) groups is 1. The fourth-order valence-corrected chi connectivity index (χ4v) is 2.26. The van der Waals surface area contributed by atoms with Crippen molar-refractivity contribution in [3.05, 3.63) is 53.1 Å². The second-order valence-corrected chi connectivity index (χ2v) is 5.81. The molecule has 0 aliphatic heterocycles. The molecule has 0 unspecified atom stereocenters. The molecular formula is C19H22F2N2O. The highest BCUT2D eigenvalue weighted by Crippen LogP contribution is 2.31. The van der Waals surface area contributed by atoms with Crippen molar-refractivity contribution < 1.29 is 13.5 Å². The number of hydrogen-bond acceptors (Lipinski definition) is 2. The smallest absolute Gasteiger partial charge is 0.162 e. The van der Waals surface area contributed by atoms with Crippen molar-refractivity contribution >= 4 is 12.0 Å². The molecular weight excluding hydrogens is 310 g/mol. The molecule has 3 nitrogen and oxygen atoms in total. The summed E-state index contributed by atoms with van der Waals surface area (Å²) in [7, 11) is 1.98. The van der Waals surface area contributed by atoms with Gasteiger partial charge in [-0.05, 0) is 55.7 Å². The molecule has 2 aromatic carbocycles. The van der Waals surface area contributed by atoms with Crippen LogP contribution in [-0.4, -0.2) is 24.8 Å². The lowest BCUT2D eigenvalue weighted by atomic mass is 10.1. The zero-order valence-electron chi connectivity index (χ0n) is 14.4. The molecule has 0 aromatic heterocycles. The van der Waals surface area contributed by atoms with Crippen LogP contribution in [0.3, 0.4) is 0 Å². The molecule has 0 N–H and O–H groups in total. The van der Waals surface area contributed by atoms with Crippen LogP contribution in [0.15, 0.2) is 35.3 Å². The van der Waals surface area contributed by atoms with Gasteiger partial charge in [-0.15, -0.1) is 0 Å². The molecule has 0 fully saturated rings. The summed E-state index contributed by atoms with van der Waals surface area (Å²) < 4.78 is 32.0. The summed E-state index contributed by atoms with van der Waals surface area (Å²) in [5.74, 6) is -0.965. The van der Waals surface area contributed by atoms with Crippen molar-refractivity contribution in [3.63, 3.8) is 0 Å². The van der Waals surface area contributed by atoms with E-state index in [1.807, 2.05) is 37.9 Å². The van der Waals surface area contributed by atoms with Gasteiger partial charge in [0.05, 0.1) is 12.0 Å². The fraction of sp³-hybridized carbons (Fsp3) is 0.316. The van der Waals surface area contributed by atoms with Crippen LogP contribution in [0.4, 0.5) is 14.5 Å². The molecule has 2 aromatic rings. The zero-order valence-corrected chi connectivity index (χ0v) is 14.4. The first kappa shape index (κ1) is 17.9. The highest BCUT2D eigenvalue weighted by Gasteiger charge is 2.08. The Morgan fingerprint density at radius 1 is 1.08 bits per heavy atom. The monoisotopic (exact) mass is 332 g/mol. The molecule has 0 amide bonds. The minimum absolute atomic E-state index is 0.260. The molecule has 0 aliphatic rings. The molecule has 0 spiro atoms. The van der Waals surface area contributed by atoms with Crippen LogP contribution in [0.5, 0.6) is 11.5 Å². The second-order valence-electron chi connectivity index (χ2n) is 5.81. The molecule has 128 valence electrons. The van der Waals surface area contributed by atoms with Gasteiger partial charge in [0.1, 0.15) is 11.5 Å². The van der Waals surface area contributed by atoms with Gasteiger partial charge >= 0.3 is 0 Å². The van der Waals surface area contributed by atoms with Crippen molar-refractivity contribution in [1.29, 1.82) is 0 Å². The molecule has 0 saturated carbocycles. The predicted octanol–water partition coefficient (Wildman–Crippen LogP) is 5.38. The maximum Gasteiger partial charge on any atom is 0.162 e. The van der Waals surface area contributed by atoms with Crippen molar-refractivity contribution in [2.75, 3.05) is 13.6 Å². The number of hydrogen-bond donors (Lipinski definition) is 0. The Bertz CT molecular complexity index is 744. The summed E-state index contributed by atoms with van der Waals surface area (Å²) in [6, 6.07) is 7.26. The van der Waals surface area contributed by atoms with E-state index in [1.165, 1.54) is 6.07 Å². The summed E-state index contributed by atoms with van der Waals surface area (Å²) in [6.45, 7) is 6.89. The van der Waals surface area contributed by atoms with Crippen molar-refractivity contribution in [1.82, 2.24) is 4.90 Å². The summed E-state index contributed by atoms with van der Waals surface area (Å²) in [6.07, 6.45) is 2.86. The Labute approximate surface area is 141 Å². The third-order valence-corrected chi connectivity index (χ3v) is 3.58. The summed E-state index contributed by atoms with van der Waals surface area (Å²) in [5, 5.41) is 0. The van der Waals surface area contributed by atoms with E-state index < -0.39 is 11.6 Å². The quantitative estimate of drug-likeness (QED) is 0.524. The van der Waals surface area contributed by atoms with Gasteiger partial charge in [0.15, 0.2) is 11.6 Å². The molecule has 0 aliphatic carbocycles. The highest BCUT2D eigenvalue weighted by molar-refractivity contribution is 5.64. The van der Waals surface area contributed by atoms with Crippen LogP contribution in [0.2, 0.25) is 0 Å². The second kappa shape index (κ2) is 7.90. The maximum absolute atomic E-state index is 13.3. The maximum atomic E-state index is 13.3. The van der Waals surface area contributed by atoms with Gasteiger partial charge in [0, 0.05) is 19.7 Å². The molecule has 5 heteroatoms. The Morgan fingerprint density at radius 3 is 2.50 bits per heavy atom. The van der Waals surface area contributed by atoms with Crippen LogP contribution in [0.25, 0.3) is 0 Å². The third kappa shape index (κ3) is 4.54. The van der Waals surface area contributed by atoms with Crippen molar-refractivity contribution in [2.24, 2.45) is 4.99 Å². The van der Waals surface area contributed by atoms with E-state index in [4.69, 9.17) is 4.74 Å². The van der Waals surface area contributed by atoms with Gasteiger partial charge in [-0.2, -0.15) is 0 Å². The molecule has 0 bridgehead atoms. The van der Waals surface area contributed by atoms with Crippen molar-refractivity contribution in [2.45, 2.75) is 27.2 Å². The molecule has 24 heavy (non-hydrogen) atoms. The molecule has 2 rings (SSSR count). The molecule has 0 atom stereocenters. The first-order valence-electron chi connectivity index (χ1n) is 7.89. The topological polar surface area (TPSA) is 24.8 Å². The highest BCUT2D eigenvalue weighted by atomic mass is 19.2. The first-order valence-corrected chi connectivity index (χ1v) is 7.89. The van der Waals surface area contributed by atoms with Crippen LogP contribution in [-0.2, 0) is 0 Å². The number of halogens is 2. The average Bonchev–Trinajstić information content (AvgIpc) is 2.53. The average molecular weight is 332 g/mol. The Morgan fingerprint density at radius 2 is 1.83 bits per heavy atom. The van der Waals surface area contributed by atoms with E-state index in [0.29, 0.717) is 5.75 Å². The van der Waals surface area contributed by atoms with E-state index >= 15 is 0 Å². The van der Waals surface area contributed by atoms with E-state index in [9.17, 15) is 8.78 Å². The normalized spacial score (nSPS) is 11.1. The Hall–Kier alpha value is -2.43. The Balaban J connectivity index is 2.21. The fourth-order valence-electron chi connectivity index (χ4n) is 2.26. The predicted molar refractivity (Wildman–Crippen MR) is 93.4 cm³/mol. The van der Waals surface area contributed by atoms with Gasteiger partial charge < -0.3 is 9.64 Å². The van der Waals surface area contributed by atoms with Crippen LogP contribution < -0.4 is 4.74 Å². The molecule has 0 radical (unpaired) electrons. The van der Waals surface area contributed by atoms with Crippen LogP contribution in [0.1, 0.15) is 24.5 Å². The van der Waals surface area contributed by atoms with Crippen LogP contribution >= 0.6 is 0 Å². The van der Waals surface area contributed by atoms with Crippen LogP contribution in [0, 0.1) is 25.5 Å². The lowest BCUT2D eigenvalue weighted by Gasteiger charge is -2.13. The lowest BCUT2D eigenvalue weighted by Crippen LogP contribution is -2.16. The third-order valence-electron chi connectivity index (χ3n) is 3.58. The summed E-state index contributed by atoms with van der Waals surface area (Å²) >= 11 is 0. The zero-order chi connectivity index (χ0) is 17.7. The molecule has 0 saturated heterocycles.